The van der Waals surface area contributed by atoms with Crippen LogP contribution in [0.15, 0.2) is 0 Å². The van der Waals surface area contributed by atoms with Gasteiger partial charge in [-0.15, -0.1) is 0 Å². The van der Waals surface area contributed by atoms with Crippen molar-refractivity contribution in [1.29, 1.82) is 0 Å². The number of likely N-dealkylation sites (N-methyl/N-ethyl adjacent to an activating group) is 1. The van der Waals surface area contributed by atoms with Gasteiger partial charge < -0.3 is 29.4 Å². The number of esters is 3. The van der Waals surface area contributed by atoms with Crippen LogP contribution < -0.4 is 5.32 Å². The number of aldehydes is 1. The van der Waals surface area contributed by atoms with Gasteiger partial charge in [0.05, 0.1) is 20.1 Å². The maximum atomic E-state index is 12.5. The first kappa shape index (κ1) is 58.8. The number of thioether (sulfide) groups is 1. The number of methoxy groups -OCH3 is 1. The second-order valence-electron chi connectivity index (χ2n) is 12.9. The van der Waals surface area contributed by atoms with Crippen LogP contribution in [-0.4, -0.2) is 92.8 Å². The van der Waals surface area contributed by atoms with Crippen molar-refractivity contribution in [3.05, 3.63) is 0 Å². The monoisotopic (exact) mass is 814 g/mol. The smallest absolute Gasteiger partial charge is 0.319 e. The van der Waals surface area contributed by atoms with Crippen LogP contribution in [0.25, 0.3) is 0 Å². The van der Waals surface area contributed by atoms with Crippen molar-refractivity contribution in [3.8, 4) is 0 Å². The molecule has 0 saturated heterocycles. The van der Waals surface area contributed by atoms with E-state index in [1.54, 1.807) is 18.8 Å². The first-order valence-electron chi connectivity index (χ1n) is 20.6. The molecule has 0 aliphatic carbocycles. The number of carbonyl (C=O) groups excluding carboxylic acids is 4. The van der Waals surface area contributed by atoms with E-state index in [2.05, 4.69) is 42.2 Å². The van der Waals surface area contributed by atoms with Crippen molar-refractivity contribution in [2.45, 2.75) is 180 Å². The highest BCUT2D eigenvalue weighted by Crippen LogP contribution is 2.17. The number of aliphatic hydroxyl groups is 1. The lowest BCUT2D eigenvalue weighted by atomic mass is 10.0. The molecule has 1 unspecified atom stereocenters. The number of thiol groups is 2. The van der Waals surface area contributed by atoms with Crippen LogP contribution in [0, 0.1) is 0 Å². The number of unbranched alkanes of at least 4 members (excludes halogenated alkanes) is 19. The van der Waals surface area contributed by atoms with E-state index in [0.717, 1.165) is 62.8 Å². The fraction of sp³-hybridized carbons (Fsp3) is 0.902. The minimum absolute atomic E-state index is 0.136. The zero-order valence-corrected chi connectivity index (χ0v) is 37.3. The Bertz CT molecular complexity index is 750. The van der Waals surface area contributed by atoms with Crippen LogP contribution in [0.3, 0.4) is 0 Å². The summed E-state index contributed by atoms with van der Waals surface area (Å²) in [5, 5.41) is 9.64. The number of rotatable bonds is 35. The lowest BCUT2D eigenvalue weighted by molar-refractivity contribution is -0.155. The average molecular weight is 814 g/mol. The minimum Gasteiger partial charge on any atom is -0.468 e. The third-order valence-electron chi connectivity index (χ3n) is 8.03. The molecular weight excluding hydrogens is 731 g/mol. The third-order valence-corrected chi connectivity index (χ3v) is 9.33. The van der Waals surface area contributed by atoms with E-state index in [1.807, 2.05) is 6.92 Å². The molecule has 0 rings (SSSR count). The fourth-order valence-electron chi connectivity index (χ4n) is 5.19. The van der Waals surface area contributed by atoms with E-state index in [0.29, 0.717) is 25.2 Å². The summed E-state index contributed by atoms with van der Waals surface area (Å²) in [6, 6.07) is 0. The molecule has 2 N–H and O–H groups in total. The molecule has 0 radical (unpaired) electrons. The molecule has 0 aliphatic heterocycles. The highest BCUT2D eigenvalue weighted by Gasteiger charge is 2.19. The highest BCUT2D eigenvalue weighted by atomic mass is 32.2. The number of hydrogen-bond donors (Lipinski definition) is 4. The molecule has 0 aromatic carbocycles. The Labute approximate surface area is 341 Å². The van der Waals surface area contributed by atoms with Gasteiger partial charge in [0.2, 0.25) is 0 Å². The molecule has 0 bridgehead atoms. The molecule has 0 heterocycles. The standard InChI is InChI=1S/C34H64O5S2.C4H9NO2.C2H6S.CH4O/c1-2-3-4-5-6-11-14-17-20-24-32(31-34(37)38-27-30-41-29-23-26-35)39-33(36)25-21-18-15-12-9-7-8-10-13-16-19-22-28-40;1-5-3-4(6)7-2;1-2-3;1-2/h26,32,40H,2-25,27-31H2,1H3;5H,3H2,1-2H3;3H,2H2,1H3;2H,1H3. The number of carbonyl (C=O) groups is 4. The summed E-state index contributed by atoms with van der Waals surface area (Å²) in [6.07, 6.45) is 28.3. The molecule has 318 valence electrons. The van der Waals surface area contributed by atoms with Crippen LogP contribution in [0.4, 0.5) is 0 Å². The lowest BCUT2D eigenvalue weighted by Gasteiger charge is -2.17. The first-order chi connectivity index (χ1) is 25.9. The van der Waals surface area contributed by atoms with Gasteiger partial charge in [-0.1, -0.05) is 129 Å². The minimum atomic E-state index is -0.389. The Morgan fingerprint density at radius 1 is 0.698 bits per heavy atom. The summed E-state index contributed by atoms with van der Waals surface area (Å²) in [5.41, 5.74) is 0. The van der Waals surface area contributed by atoms with Gasteiger partial charge in [0.1, 0.15) is 19.0 Å². The van der Waals surface area contributed by atoms with Gasteiger partial charge in [0.25, 0.3) is 0 Å². The summed E-state index contributed by atoms with van der Waals surface area (Å²) < 4.78 is 15.4. The van der Waals surface area contributed by atoms with Crippen LogP contribution in [-0.2, 0) is 33.4 Å². The maximum absolute atomic E-state index is 12.5. The normalized spacial score (nSPS) is 10.7. The predicted octanol–water partition coefficient (Wildman–Crippen LogP) is 10.00. The molecular formula is C41H83NO8S3. The van der Waals surface area contributed by atoms with E-state index in [9.17, 15) is 19.2 Å². The molecule has 0 aliphatic rings. The second-order valence-corrected chi connectivity index (χ2v) is 15.2. The topological polar surface area (TPSA) is 128 Å². The van der Waals surface area contributed by atoms with Gasteiger partial charge in [-0.25, -0.2) is 0 Å². The lowest BCUT2D eigenvalue weighted by Crippen LogP contribution is -2.23. The molecule has 0 fully saturated rings. The maximum Gasteiger partial charge on any atom is 0.319 e. The van der Waals surface area contributed by atoms with Crippen molar-refractivity contribution in [2.75, 3.05) is 57.4 Å². The Hall–Kier alpha value is -0.950. The number of ether oxygens (including phenoxy) is 3. The summed E-state index contributed by atoms with van der Waals surface area (Å²) in [7, 11) is 4.05. The second kappa shape index (κ2) is 55.4. The van der Waals surface area contributed by atoms with Gasteiger partial charge in [-0.3, -0.25) is 14.4 Å². The van der Waals surface area contributed by atoms with Gasteiger partial charge in [-0.2, -0.15) is 37.0 Å². The van der Waals surface area contributed by atoms with E-state index < -0.39 is 0 Å². The Morgan fingerprint density at radius 3 is 1.60 bits per heavy atom. The van der Waals surface area contributed by atoms with Crippen LogP contribution in [0.5, 0.6) is 0 Å². The van der Waals surface area contributed by atoms with E-state index in [4.69, 9.17) is 14.6 Å². The van der Waals surface area contributed by atoms with Crippen molar-refractivity contribution in [2.24, 2.45) is 0 Å². The Kier molecular flexibility index (Phi) is 61.4. The van der Waals surface area contributed by atoms with Crippen LogP contribution >= 0.6 is 37.0 Å². The predicted molar refractivity (Wildman–Crippen MR) is 233 cm³/mol. The molecule has 0 aromatic heterocycles. The molecule has 1 atom stereocenters. The molecule has 53 heavy (non-hydrogen) atoms. The summed E-state index contributed by atoms with van der Waals surface area (Å²) >= 11 is 9.66. The number of aliphatic hydroxyl groups excluding tert-OH is 1. The summed E-state index contributed by atoms with van der Waals surface area (Å²) in [4.78, 5) is 45.5. The fourth-order valence-corrected chi connectivity index (χ4v) is 6.08. The van der Waals surface area contributed by atoms with Gasteiger partial charge >= 0.3 is 17.9 Å². The number of nitrogens with one attached hydrogen (secondary N) is 1. The summed E-state index contributed by atoms with van der Waals surface area (Å²) in [5.74, 6) is 2.67. The Morgan fingerprint density at radius 2 is 1.17 bits per heavy atom. The van der Waals surface area contributed by atoms with E-state index >= 15 is 0 Å². The molecule has 12 heteroatoms. The number of hydrogen-bond acceptors (Lipinski definition) is 12. The van der Waals surface area contributed by atoms with Crippen LogP contribution in [0.2, 0.25) is 0 Å². The molecule has 0 saturated carbocycles. The van der Waals surface area contributed by atoms with E-state index in [-0.39, 0.29) is 37.0 Å². The zero-order valence-electron chi connectivity index (χ0n) is 34.7. The van der Waals surface area contributed by atoms with Gasteiger partial charge in [0, 0.05) is 31.5 Å². The largest absolute Gasteiger partial charge is 0.468 e. The van der Waals surface area contributed by atoms with Crippen LogP contribution in [0.1, 0.15) is 174 Å². The molecule has 0 spiro atoms. The highest BCUT2D eigenvalue weighted by molar-refractivity contribution is 7.99. The van der Waals surface area contributed by atoms with E-state index in [1.165, 1.54) is 116 Å². The quantitative estimate of drug-likeness (QED) is 0.0161. The van der Waals surface area contributed by atoms with Crippen molar-refractivity contribution in [1.82, 2.24) is 5.32 Å². The third kappa shape index (κ3) is 57.9. The van der Waals surface area contributed by atoms with Gasteiger partial charge in [0.15, 0.2) is 0 Å². The SMILES string of the molecule is CCCCCCCCCCCC(CC(=O)OCCSCCC=O)OC(=O)CCCCCCCCCCCCCCS.CCS.CNCC(=O)OC.CO. The first-order valence-corrected chi connectivity index (χ1v) is 23.0. The molecule has 0 aromatic rings. The summed E-state index contributed by atoms with van der Waals surface area (Å²) in [6.45, 7) is 4.85. The van der Waals surface area contributed by atoms with Gasteiger partial charge in [-0.05, 0) is 44.2 Å². The average Bonchev–Trinajstić information content (AvgIpc) is 3.15. The zero-order chi connectivity index (χ0) is 40.5. The molecule has 9 nitrogen and oxygen atoms in total. The molecule has 0 amide bonds. The van der Waals surface area contributed by atoms with Crippen molar-refractivity contribution >= 4 is 61.2 Å². The Balaban J connectivity index is -0.000000863. The van der Waals surface area contributed by atoms with Crippen molar-refractivity contribution in [3.63, 3.8) is 0 Å². The van der Waals surface area contributed by atoms with Crippen molar-refractivity contribution < 1.29 is 38.5 Å².